The maximum Gasteiger partial charge on any atom is 0.247 e. The predicted molar refractivity (Wildman–Crippen MR) is 53.5 cm³/mol. The monoisotopic (exact) mass is 204 g/mol. The molecule has 1 aliphatic rings. The molecule has 1 aliphatic heterocycles. The highest BCUT2D eigenvalue weighted by Crippen LogP contribution is 2.05. The molecule has 1 amide bonds. The first kappa shape index (κ1) is 10.8. The lowest BCUT2D eigenvalue weighted by atomic mass is 10.4. The highest BCUT2D eigenvalue weighted by atomic mass is 32.2. The number of hydrogen-bond acceptors (Lipinski definition) is 4. The zero-order chi connectivity index (χ0) is 9.68. The van der Waals surface area contributed by atoms with E-state index in [1.54, 1.807) is 11.8 Å². The summed E-state index contributed by atoms with van der Waals surface area (Å²) >= 11 is 1.55. The standard InChI is InChI=1S/C8H16N2O2S/c1-7(13-2)8(11)9-10-3-5-12-6-4-10/h7H,3-6H2,1-2H3,(H,9,11). The molecule has 0 radical (unpaired) electrons. The molecule has 1 heterocycles. The van der Waals surface area contributed by atoms with Gasteiger partial charge in [-0.2, -0.15) is 11.8 Å². The number of carbonyl (C=O) groups is 1. The van der Waals surface area contributed by atoms with Gasteiger partial charge in [-0.3, -0.25) is 10.2 Å². The fourth-order valence-electron chi connectivity index (χ4n) is 1.03. The molecule has 1 N–H and O–H groups in total. The van der Waals surface area contributed by atoms with Gasteiger partial charge in [-0.15, -0.1) is 0 Å². The Morgan fingerprint density at radius 1 is 1.54 bits per heavy atom. The second-order valence-electron chi connectivity index (χ2n) is 2.95. The van der Waals surface area contributed by atoms with Crippen LogP contribution in [-0.2, 0) is 9.53 Å². The zero-order valence-electron chi connectivity index (χ0n) is 8.08. The first-order valence-corrected chi connectivity index (χ1v) is 5.69. The summed E-state index contributed by atoms with van der Waals surface area (Å²) in [5.41, 5.74) is 2.86. The van der Waals surface area contributed by atoms with Gasteiger partial charge in [0.25, 0.3) is 0 Å². The Morgan fingerprint density at radius 3 is 2.69 bits per heavy atom. The van der Waals surface area contributed by atoms with Crippen LogP contribution in [0.1, 0.15) is 6.92 Å². The van der Waals surface area contributed by atoms with Crippen LogP contribution in [0.25, 0.3) is 0 Å². The summed E-state index contributed by atoms with van der Waals surface area (Å²) in [4.78, 5) is 11.4. The van der Waals surface area contributed by atoms with Crippen LogP contribution < -0.4 is 5.43 Å². The van der Waals surface area contributed by atoms with E-state index in [2.05, 4.69) is 5.43 Å². The van der Waals surface area contributed by atoms with E-state index >= 15 is 0 Å². The van der Waals surface area contributed by atoms with Crippen molar-refractivity contribution < 1.29 is 9.53 Å². The lowest BCUT2D eigenvalue weighted by molar-refractivity contribution is -0.127. The Morgan fingerprint density at radius 2 is 2.15 bits per heavy atom. The molecule has 0 aliphatic carbocycles. The highest BCUT2D eigenvalue weighted by molar-refractivity contribution is 7.99. The van der Waals surface area contributed by atoms with Crippen molar-refractivity contribution in [1.29, 1.82) is 0 Å². The number of thioether (sulfide) groups is 1. The third-order valence-corrected chi connectivity index (χ3v) is 2.92. The molecular weight excluding hydrogens is 188 g/mol. The van der Waals surface area contributed by atoms with Crippen molar-refractivity contribution in [3.63, 3.8) is 0 Å². The average Bonchev–Trinajstić information content (AvgIpc) is 2.18. The topological polar surface area (TPSA) is 41.6 Å². The van der Waals surface area contributed by atoms with Crippen LogP contribution in [0.15, 0.2) is 0 Å². The molecular formula is C8H16N2O2S. The number of nitrogens with zero attached hydrogens (tertiary/aromatic N) is 1. The molecule has 76 valence electrons. The third kappa shape index (κ3) is 3.54. The minimum atomic E-state index is 0.0165. The molecule has 0 aromatic heterocycles. The van der Waals surface area contributed by atoms with Crippen LogP contribution in [0, 0.1) is 0 Å². The van der Waals surface area contributed by atoms with Gasteiger partial charge in [0.2, 0.25) is 5.91 Å². The van der Waals surface area contributed by atoms with Crippen molar-refractivity contribution in [1.82, 2.24) is 10.4 Å². The van der Waals surface area contributed by atoms with E-state index in [9.17, 15) is 4.79 Å². The molecule has 4 nitrogen and oxygen atoms in total. The van der Waals surface area contributed by atoms with E-state index in [0.29, 0.717) is 13.2 Å². The molecule has 13 heavy (non-hydrogen) atoms. The minimum absolute atomic E-state index is 0.0165. The van der Waals surface area contributed by atoms with Crippen molar-refractivity contribution >= 4 is 17.7 Å². The van der Waals surface area contributed by atoms with Gasteiger partial charge in [0.15, 0.2) is 0 Å². The SMILES string of the molecule is CSC(C)C(=O)NN1CCOCC1. The van der Waals surface area contributed by atoms with E-state index in [4.69, 9.17) is 4.74 Å². The molecule has 0 saturated carbocycles. The zero-order valence-corrected chi connectivity index (χ0v) is 8.89. The van der Waals surface area contributed by atoms with Crippen LogP contribution in [0.2, 0.25) is 0 Å². The largest absolute Gasteiger partial charge is 0.379 e. The summed E-state index contributed by atoms with van der Waals surface area (Å²) in [6, 6.07) is 0. The van der Waals surface area contributed by atoms with Gasteiger partial charge in [-0.25, -0.2) is 5.01 Å². The highest BCUT2D eigenvalue weighted by Gasteiger charge is 2.16. The number of carbonyl (C=O) groups excluding carboxylic acids is 1. The lowest BCUT2D eigenvalue weighted by Crippen LogP contribution is -2.50. The summed E-state index contributed by atoms with van der Waals surface area (Å²) < 4.78 is 5.17. The van der Waals surface area contributed by atoms with Gasteiger partial charge in [-0.05, 0) is 13.2 Å². The molecule has 5 heteroatoms. The van der Waals surface area contributed by atoms with Crippen molar-refractivity contribution in [3.8, 4) is 0 Å². The Balaban J connectivity index is 2.26. The van der Waals surface area contributed by atoms with E-state index in [-0.39, 0.29) is 11.2 Å². The first-order chi connectivity index (χ1) is 6.24. The fourth-order valence-corrected chi connectivity index (χ4v) is 1.30. The van der Waals surface area contributed by atoms with E-state index in [1.807, 2.05) is 18.2 Å². The normalized spacial score (nSPS) is 21.1. The van der Waals surface area contributed by atoms with E-state index in [1.165, 1.54) is 0 Å². The maximum absolute atomic E-state index is 11.4. The fraction of sp³-hybridized carbons (Fsp3) is 0.875. The second-order valence-corrected chi connectivity index (χ2v) is 4.13. The number of nitrogens with one attached hydrogen (secondary N) is 1. The number of hydrogen-bond donors (Lipinski definition) is 1. The quantitative estimate of drug-likeness (QED) is 0.708. The predicted octanol–water partition coefficient (Wildman–Crippen LogP) is 0.101. The smallest absolute Gasteiger partial charge is 0.247 e. The number of rotatable bonds is 3. The van der Waals surface area contributed by atoms with Gasteiger partial charge in [0.05, 0.1) is 18.5 Å². The lowest BCUT2D eigenvalue weighted by Gasteiger charge is -2.27. The van der Waals surface area contributed by atoms with Gasteiger partial charge in [0.1, 0.15) is 0 Å². The number of morpholine rings is 1. The van der Waals surface area contributed by atoms with Gasteiger partial charge in [-0.1, -0.05) is 0 Å². The minimum Gasteiger partial charge on any atom is -0.379 e. The van der Waals surface area contributed by atoms with Crippen LogP contribution >= 0.6 is 11.8 Å². The third-order valence-electron chi connectivity index (χ3n) is 2.00. The van der Waals surface area contributed by atoms with E-state index < -0.39 is 0 Å². The molecule has 0 aromatic rings. The summed E-state index contributed by atoms with van der Waals surface area (Å²) in [6.07, 6.45) is 1.93. The Hall–Kier alpha value is -0.260. The van der Waals surface area contributed by atoms with E-state index in [0.717, 1.165) is 13.1 Å². The van der Waals surface area contributed by atoms with Crippen LogP contribution in [0.4, 0.5) is 0 Å². The Labute approximate surface area is 83.0 Å². The maximum atomic E-state index is 11.4. The summed E-state index contributed by atoms with van der Waals surface area (Å²) in [6.45, 7) is 4.88. The average molecular weight is 204 g/mol. The summed E-state index contributed by atoms with van der Waals surface area (Å²) in [5, 5.41) is 1.93. The molecule has 0 aromatic carbocycles. The van der Waals surface area contributed by atoms with Crippen LogP contribution in [0.3, 0.4) is 0 Å². The first-order valence-electron chi connectivity index (χ1n) is 4.40. The molecule has 1 rings (SSSR count). The summed E-state index contributed by atoms with van der Waals surface area (Å²) in [5.74, 6) is 0.0781. The van der Waals surface area contributed by atoms with Crippen LogP contribution in [0.5, 0.6) is 0 Å². The molecule has 1 unspecified atom stereocenters. The molecule has 1 fully saturated rings. The van der Waals surface area contributed by atoms with Gasteiger partial charge in [0, 0.05) is 13.1 Å². The second kappa shape index (κ2) is 5.47. The number of ether oxygens (including phenoxy) is 1. The van der Waals surface area contributed by atoms with Crippen LogP contribution in [-0.4, -0.2) is 48.7 Å². The number of hydrazine groups is 1. The van der Waals surface area contributed by atoms with Crippen molar-refractivity contribution in [2.75, 3.05) is 32.6 Å². The van der Waals surface area contributed by atoms with Gasteiger partial charge < -0.3 is 4.74 Å². The van der Waals surface area contributed by atoms with Crippen molar-refractivity contribution in [2.24, 2.45) is 0 Å². The van der Waals surface area contributed by atoms with Crippen molar-refractivity contribution in [3.05, 3.63) is 0 Å². The Bertz CT molecular complexity index is 172. The molecule has 0 spiro atoms. The Kier molecular flexibility index (Phi) is 4.55. The number of amides is 1. The van der Waals surface area contributed by atoms with Crippen molar-refractivity contribution in [2.45, 2.75) is 12.2 Å². The summed E-state index contributed by atoms with van der Waals surface area (Å²) in [7, 11) is 0. The molecule has 1 atom stereocenters. The molecule has 1 saturated heterocycles. The molecule has 0 bridgehead atoms. The van der Waals surface area contributed by atoms with Gasteiger partial charge >= 0.3 is 0 Å².